The van der Waals surface area contributed by atoms with Gasteiger partial charge < -0.3 is 14.7 Å². The Balaban J connectivity index is 1.59. The summed E-state index contributed by atoms with van der Waals surface area (Å²) in [4.78, 5) is 27.3. The van der Waals surface area contributed by atoms with Gasteiger partial charge in [-0.1, -0.05) is 42.5 Å². The maximum Gasteiger partial charge on any atom is 0.278 e. The van der Waals surface area contributed by atoms with E-state index in [1.807, 2.05) is 12.2 Å². The first kappa shape index (κ1) is 20.1. The molecule has 1 aromatic rings. The number of hydrogen-bond acceptors (Lipinski definition) is 5. The molecular formula is C26H27N3O4. The molecule has 3 aliphatic carbocycles. The van der Waals surface area contributed by atoms with Crippen LogP contribution in [0.5, 0.6) is 5.75 Å². The minimum atomic E-state index is -0.544. The van der Waals surface area contributed by atoms with E-state index in [-0.39, 0.29) is 29.5 Å². The van der Waals surface area contributed by atoms with Crippen molar-refractivity contribution in [2.75, 3.05) is 24.8 Å². The van der Waals surface area contributed by atoms with E-state index in [0.29, 0.717) is 31.7 Å². The summed E-state index contributed by atoms with van der Waals surface area (Å²) < 4.78 is 8.01. The van der Waals surface area contributed by atoms with E-state index in [1.165, 1.54) is 6.07 Å². The van der Waals surface area contributed by atoms with Gasteiger partial charge in [-0.2, -0.15) is 0 Å². The number of hydrogen-bond donors (Lipinski definition) is 1. The maximum absolute atomic E-state index is 13.3. The predicted octanol–water partition coefficient (Wildman–Crippen LogP) is 2.70. The number of allylic oxidation sites excluding steroid dienone is 6. The number of ether oxygens (including phenoxy) is 1. The highest BCUT2D eigenvalue weighted by Crippen LogP contribution is 2.46. The van der Waals surface area contributed by atoms with Crippen LogP contribution in [0.3, 0.4) is 0 Å². The summed E-state index contributed by atoms with van der Waals surface area (Å²) in [5, 5.41) is 12.8. The van der Waals surface area contributed by atoms with E-state index >= 15 is 0 Å². The highest BCUT2D eigenvalue weighted by atomic mass is 16.5. The molecule has 1 fully saturated rings. The second-order valence-corrected chi connectivity index (χ2v) is 9.34. The molecule has 6 rings (SSSR count). The van der Waals surface area contributed by atoms with Gasteiger partial charge in [0.2, 0.25) is 5.43 Å². The Morgan fingerprint density at radius 3 is 2.73 bits per heavy atom. The third kappa shape index (κ3) is 3.17. The highest BCUT2D eigenvalue weighted by Gasteiger charge is 2.48. The highest BCUT2D eigenvalue weighted by molar-refractivity contribution is 5.96. The minimum Gasteiger partial charge on any atom is -0.502 e. The molecule has 0 saturated heterocycles. The van der Waals surface area contributed by atoms with Crippen molar-refractivity contribution in [2.45, 2.75) is 18.9 Å². The van der Waals surface area contributed by atoms with Gasteiger partial charge >= 0.3 is 0 Å². The predicted molar refractivity (Wildman–Crippen MR) is 124 cm³/mol. The van der Waals surface area contributed by atoms with Gasteiger partial charge in [0.1, 0.15) is 19.0 Å². The van der Waals surface area contributed by atoms with E-state index in [9.17, 15) is 14.7 Å². The quantitative estimate of drug-likeness (QED) is 0.622. The Morgan fingerprint density at radius 2 is 1.82 bits per heavy atom. The van der Waals surface area contributed by atoms with Gasteiger partial charge in [-0.25, -0.2) is 0 Å². The molecule has 1 aromatic heterocycles. The molecule has 7 nitrogen and oxygen atoms in total. The first-order valence-electron chi connectivity index (χ1n) is 11.7. The molecule has 1 saturated carbocycles. The van der Waals surface area contributed by atoms with Crippen molar-refractivity contribution in [1.29, 1.82) is 0 Å². The number of pyridine rings is 1. The van der Waals surface area contributed by atoms with Gasteiger partial charge in [0, 0.05) is 30.6 Å². The summed E-state index contributed by atoms with van der Waals surface area (Å²) in [5.41, 5.74) is -0.509. The van der Waals surface area contributed by atoms with Gasteiger partial charge in [-0.05, 0) is 36.8 Å². The average molecular weight is 446 g/mol. The van der Waals surface area contributed by atoms with Gasteiger partial charge in [-0.3, -0.25) is 19.3 Å². The Hall–Kier alpha value is -3.48. The molecule has 5 aliphatic rings. The van der Waals surface area contributed by atoms with Crippen LogP contribution in [-0.2, 0) is 4.74 Å². The largest absolute Gasteiger partial charge is 0.502 e. The summed E-state index contributed by atoms with van der Waals surface area (Å²) in [5.74, 6) is 1.07. The molecule has 0 radical (unpaired) electrons. The molecule has 1 amide bonds. The van der Waals surface area contributed by atoms with Crippen LogP contribution < -0.4 is 10.4 Å². The molecular weight excluding hydrogens is 418 g/mol. The fraction of sp³-hybridized carbons (Fsp3) is 0.385. The minimum absolute atomic E-state index is 0.0331. The summed E-state index contributed by atoms with van der Waals surface area (Å²) in [6, 6.07) is 1.30. The van der Waals surface area contributed by atoms with Crippen molar-refractivity contribution in [3.8, 4) is 5.75 Å². The second-order valence-electron chi connectivity index (χ2n) is 9.34. The van der Waals surface area contributed by atoms with Crippen LogP contribution in [0.4, 0.5) is 0 Å². The van der Waals surface area contributed by atoms with Crippen molar-refractivity contribution in [1.82, 2.24) is 9.58 Å². The lowest BCUT2D eigenvalue weighted by atomic mass is 9.74. The zero-order valence-electron chi connectivity index (χ0n) is 18.3. The molecule has 170 valence electrons. The smallest absolute Gasteiger partial charge is 0.278 e. The Labute approximate surface area is 192 Å². The summed E-state index contributed by atoms with van der Waals surface area (Å²) in [7, 11) is 0. The lowest BCUT2D eigenvalue weighted by Crippen LogP contribution is -2.62. The number of amides is 1. The van der Waals surface area contributed by atoms with Crippen LogP contribution in [0.25, 0.3) is 0 Å². The van der Waals surface area contributed by atoms with Crippen molar-refractivity contribution < 1.29 is 14.6 Å². The fourth-order valence-corrected chi connectivity index (χ4v) is 6.09. The number of nitrogens with zero attached hydrogens (tertiary/aromatic N) is 3. The average Bonchev–Trinajstić information content (AvgIpc) is 3.01. The maximum atomic E-state index is 13.3. The SMILES string of the molecule is O=C1c2c(O)c(=O)ccn2N2CN1C/C=C\COC1=CC=CC3CCC4C=CC=CC4[C@@H]2C13. The van der Waals surface area contributed by atoms with E-state index in [2.05, 4.69) is 47.5 Å². The fourth-order valence-electron chi connectivity index (χ4n) is 6.09. The number of fused-ring (bicyclic) bond motifs is 7. The number of rotatable bonds is 0. The monoisotopic (exact) mass is 445 g/mol. The molecule has 33 heavy (non-hydrogen) atoms. The Morgan fingerprint density at radius 1 is 1.00 bits per heavy atom. The van der Waals surface area contributed by atoms with Gasteiger partial charge in [0.25, 0.3) is 5.91 Å². The van der Waals surface area contributed by atoms with Crippen LogP contribution in [0.1, 0.15) is 23.3 Å². The molecule has 5 atom stereocenters. The molecule has 1 N–H and O–H groups in total. The number of carbonyl (C=O) groups excluding carboxylic acids is 1. The Kier molecular flexibility index (Phi) is 4.78. The van der Waals surface area contributed by atoms with E-state index in [0.717, 1.165) is 18.6 Å². The lowest BCUT2D eigenvalue weighted by molar-refractivity contribution is 0.0664. The van der Waals surface area contributed by atoms with Crippen LogP contribution in [0, 0.1) is 23.7 Å². The van der Waals surface area contributed by atoms with Crippen molar-refractivity contribution in [3.05, 3.63) is 88.6 Å². The molecule has 0 aromatic carbocycles. The molecule has 4 unspecified atom stereocenters. The number of aromatic hydroxyl groups is 1. The zero-order chi connectivity index (χ0) is 22.5. The lowest BCUT2D eigenvalue weighted by Gasteiger charge is -2.49. The van der Waals surface area contributed by atoms with Crippen molar-refractivity contribution >= 4 is 5.91 Å². The molecule has 3 heterocycles. The van der Waals surface area contributed by atoms with Crippen LogP contribution in [-0.4, -0.2) is 46.5 Å². The molecule has 2 aliphatic heterocycles. The first-order valence-corrected chi connectivity index (χ1v) is 11.7. The number of carbonyl (C=O) groups is 1. The first-order chi connectivity index (χ1) is 16.1. The standard InChI is InChI=1S/C26H27N3O4/c30-20-12-14-28-24(25(20)31)26(32)27-13-3-4-15-33-21-9-5-7-18-11-10-17-6-1-2-8-19(17)23(22(18)21)29(28)16-27/h1-9,12,14,17-19,22-23,31H,10-11,13,15-16H2/b4-3-/t17?,18?,19?,22?,23-/m1/s1. The normalized spacial score (nSPS) is 33.0. The van der Waals surface area contributed by atoms with Crippen molar-refractivity contribution in [2.24, 2.45) is 23.7 Å². The zero-order valence-corrected chi connectivity index (χ0v) is 18.3. The summed E-state index contributed by atoms with van der Waals surface area (Å²) >= 11 is 0. The van der Waals surface area contributed by atoms with Crippen molar-refractivity contribution in [3.63, 3.8) is 0 Å². The topological polar surface area (TPSA) is 75.0 Å². The van der Waals surface area contributed by atoms with Gasteiger partial charge in [0.15, 0.2) is 11.4 Å². The molecule has 7 heteroatoms. The van der Waals surface area contributed by atoms with E-state index < -0.39 is 11.2 Å². The third-order valence-corrected chi connectivity index (χ3v) is 7.62. The molecule has 2 bridgehead atoms. The Bertz CT molecular complexity index is 1190. The van der Waals surface area contributed by atoms with Crippen LogP contribution in [0.15, 0.2) is 77.5 Å². The second kappa shape index (κ2) is 7.83. The van der Waals surface area contributed by atoms with Gasteiger partial charge in [-0.15, -0.1) is 0 Å². The van der Waals surface area contributed by atoms with Gasteiger partial charge in [0.05, 0.1) is 6.04 Å². The summed E-state index contributed by atoms with van der Waals surface area (Å²) in [6.45, 7) is 1.19. The van der Waals surface area contributed by atoms with E-state index in [4.69, 9.17) is 4.74 Å². The molecule has 0 spiro atoms. The third-order valence-electron chi connectivity index (χ3n) is 7.62. The number of aromatic nitrogens is 1. The summed E-state index contributed by atoms with van der Waals surface area (Å²) in [6.07, 6.45) is 22.8. The van der Waals surface area contributed by atoms with Crippen LogP contribution in [0.2, 0.25) is 0 Å². The van der Waals surface area contributed by atoms with E-state index in [1.54, 1.807) is 15.8 Å². The van der Waals surface area contributed by atoms with Crippen LogP contribution >= 0.6 is 0 Å².